The molecule has 0 bridgehead atoms. The van der Waals surface area contributed by atoms with Crippen molar-refractivity contribution >= 4 is 22.8 Å². The minimum Gasteiger partial charge on any atom is -0.497 e. The summed E-state index contributed by atoms with van der Waals surface area (Å²) in [5, 5.41) is 6.88. The van der Waals surface area contributed by atoms with Gasteiger partial charge in [0.2, 0.25) is 0 Å². The van der Waals surface area contributed by atoms with Crippen LogP contribution in [-0.2, 0) is 13.0 Å². The zero-order valence-electron chi connectivity index (χ0n) is 18.4. The third-order valence-electron chi connectivity index (χ3n) is 5.95. The molecule has 0 aliphatic carbocycles. The van der Waals surface area contributed by atoms with Crippen LogP contribution < -0.4 is 15.4 Å². The van der Waals surface area contributed by atoms with Gasteiger partial charge in [0, 0.05) is 48.8 Å². The maximum Gasteiger partial charge on any atom is 0.315 e. The average Bonchev–Trinajstić information content (AvgIpc) is 3.25. The van der Waals surface area contributed by atoms with Gasteiger partial charge in [-0.2, -0.15) is 0 Å². The number of urea groups is 1. The summed E-state index contributed by atoms with van der Waals surface area (Å²) in [4.78, 5) is 29.9. The fourth-order valence-corrected chi connectivity index (χ4v) is 4.09. The van der Waals surface area contributed by atoms with Crippen molar-refractivity contribution in [3.05, 3.63) is 65.4 Å². The van der Waals surface area contributed by atoms with Crippen LogP contribution in [-0.4, -0.2) is 48.6 Å². The number of nitrogens with zero attached hydrogens (tertiary/aromatic N) is 1. The van der Waals surface area contributed by atoms with E-state index in [1.807, 2.05) is 53.6 Å². The number of piperidine rings is 1. The first-order valence-electron chi connectivity index (χ1n) is 11.2. The summed E-state index contributed by atoms with van der Waals surface area (Å²) in [5.74, 6) is 0.907. The van der Waals surface area contributed by atoms with E-state index >= 15 is 0 Å². The lowest BCUT2D eigenvalue weighted by Crippen LogP contribution is -2.36. The molecule has 0 atom stereocenters. The van der Waals surface area contributed by atoms with E-state index < -0.39 is 0 Å². The summed E-state index contributed by atoms with van der Waals surface area (Å²) < 4.78 is 5.30. The van der Waals surface area contributed by atoms with Crippen molar-refractivity contribution in [3.8, 4) is 5.75 Å². The second-order valence-electron chi connectivity index (χ2n) is 8.13. The maximum atomic E-state index is 12.5. The quantitative estimate of drug-likeness (QED) is 0.528. The molecule has 0 saturated carbocycles. The van der Waals surface area contributed by atoms with Crippen molar-refractivity contribution in [2.45, 2.75) is 32.2 Å². The minimum atomic E-state index is -0.212. The number of ether oxygens (including phenoxy) is 1. The highest BCUT2D eigenvalue weighted by Gasteiger charge is 2.17. The molecule has 1 saturated heterocycles. The van der Waals surface area contributed by atoms with Gasteiger partial charge in [-0.15, -0.1) is 0 Å². The van der Waals surface area contributed by atoms with Gasteiger partial charge < -0.3 is 25.3 Å². The van der Waals surface area contributed by atoms with Crippen LogP contribution >= 0.6 is 0 Å². The highest BCUT2D eigenvalue weighted by Crippen LogP contribution is 2.23. The van der Waals surface area contributed by atoms with Crippen LogP contribution in [0.1, 0.15) is 40.7 Å². The van der Waals surface area contributed by atoms with Crippen molar-refractivity contribution in [1.82, 2.24) is 20.5 Å². The Labute approximate surface area is 188 Å². The number of nitrogens with one attached hydrogen (secondary N) is 3. The summed E-state index contributed by atoms with van der Waals surface area (Å²) in [6, 6.07) is 13.2. The van der Waals surface area contributed by atoms with Gasteiger partial charge >= 0.3 is 6.03 Å². The molecule has 0 spiro atoms. The molecule has 0 unspecified atom stereocenters. The normalized spacial score (nSPS) is 13.7. The number of aromatic amines is 1. The smallest absolute Gasteiger partial charge is 0.315 e. The Balaban J connectivity index is 1.22. The van der Waals surface area contributed by atoms with Crippen molar-refractivity contribution < 1.29 is 14.3 Å². The lowest BCUT2D eigenvalue weighted by Gasteiger charge is -2.26. The molecular weight excluding hydrogens is 404 g/mol. The van der Waals surface area contributed by atoms with Gasteiger partial charge in [-0.25, -0.2) is 4.79 Å². The van der Waals surface area contributed by atoms with E-state index in [0.717, 1.165) is 53.7 Å². The predicted octanol–water partition coefficient (Wildman–Crippen LogP) is 3.84. The number of fused-ring (bicyclic) bond motifs is 1. The summed E-state index contributed by atoms with van der Waals surface area (Å²) in [6.45, 7) is 2.62. The Bertz CT molecular complexity index is 1070. The summed E-state index contributed by atoms with van der Waals surface area (Å²) >= 11 is 0. The van der Waals surface area contributed by atoms with E-state index in [9.17, 15) is 9.59 Å². The SMILES string of the molecule is COc1ccc2[nH]cc(CCNC(=O)NCc3ccc(C(=O)N4CCCCC4)cc3)c2c1. The van der Waals surface area contributed by atoms with Crippen LogP contribution in [0.3, 0.4) is 0 Å². The Morgan fingerprint density at radius 3 is 2.56 bits per heavy atom. The zero-order chi connectivity index (χ0) is 22.3. The number of aromatic nitrogens is 1. The van der Waals surface area contributed by atoms with Gasteiger partial charge in [-0.1, -0.05) is 12.1 Å². The molecule has 2 aromatic carbocycles. The number of hydrogen-bond acceptors (Lipinski definition) is 3. The molecule has 7 heteroatoms. The van der Waals surface area contributed by atoms with Crippen LogP contribution in [0, 0.1) is 0 Å². The van der Waals surface area contributed by atoms with Crippen molar-refractivity contribution in [2.24, 2.45) is 0 Å². The topological polar surface area (TPSA) is 86.5 Å². The highest BCUT2D eigenvalue weighted by atomic mass is 16.5. The number of methoxy groups -OCH3 is 1. The van der Waals surface area contributed by atoms with Gasteiger partial charge in [0.05, 0.1) is 7.11 Å². The molecule has 4 rings (SSSR count). The molecule has 1 fully saturated rings. The molecule has 1 aliphatic heterocycles. The molecule has 1 aliphatic rings. The number of carbonyl (C=O) groups is 2. The first-order valence-corrected chi connectivity index (χ1v) is 11.2. The Kier molecular flexibility index (Phi) is 6.94. The predicted molar refractivity (Wildman–Crippen MR) is 125 cm³/mol. The van der Waals surface area contributed by atoms with Gasteiger partial charge in [-0.05, 0) is 67.1 Å². The van der Waals surface area contributed by atoms with Crippen LogP contribution in [0.5, 0.6) is 5.75 Å². The Hall–Kier alpha value is -3.48. The molecule has 3 amide bonds. The second-order valence-corrected chi connectivity index (χ2v) is 8.13. The molecule has 32 heavy (non-hydrogen) atoms. The van der Waals surface area contributed by atoms with E-state index in [2.05, 4.69) is 15.6 Å². The molecular formula is C25H30N4O3. The molecule has 168 valence electrons. The van der Waals surface area contributed by atoms with E-state index in [0.29, 0.717) is 25.1 Å². The number of carbonyl (C=O) groups excluding carboxylic acids is 2. The maximum absolute atomic E-state index is 12.5. The molecule has 7 nitrogen and oxygen atoms in total. The molecule has 3 N–H and O–H groups in total. The molecule has 0 radical (unpaired) electrons. The fourth-order valence-electron chi connectivity index (χ4n) is 4.09. The first kappa shape index (κ1) is 21.7. The van der Waals surface area contributed by atoms with E-state index in [-0.39, 0.29) is 11.9 Å². The lowest BCUT2D eigenvalue weighted by atomic mass is 10.1. The van der Waals surface area contributed by atoms with Gasteiger partial charge in [0.1, 0.15) is 5.75 Å². The third-order valence-corrected chi connectivity index (χ3v) is 5.95. The Morgan fingerprint density at radius 1 is 1.03 bits per heavy atom. The van der Waals surface area contributed by atoms with Crippen LogP contribution in [0.4, 0.5) is 4.79 Å². The zero-order valence-corrected chi connectivity index (χ0v) is 18.4. The van der Waals surface area contributed by atoms with Gasteiger partial charge in [0.15, 0.2) is 0 Å². The second kappa shape index (κ2) is 10.2. The van der Waals surface area contributed by atoms with Crippen molar-refractivity contribution in [2.75, 3.05) is 26.7 Å². The standard InChI is InChI=1S/C25H30N4O3/c1-32-21-9-10-23-22(15-21)20(17-27-23)11-12-26-25(31)28-16-18-5-7-19(8-6-18)24(30)29-13-3-2-4-14-29/h5-10,15,17,27H,2-4,11-14,16H2,1H3,(H2,26,28,31). The minimum absolute atomic E-state index is 0.0943. The molecule has 2 heterocycles. The summed E-state index contributed by atoms with van der Waals surface area (Å²) in [7, 11) is 1.65. The number of rotatable bonds is 7. The number of H-pyrrole nitrogens is 1. The van der Waals surface area contributed by atoms with Crippen LogP contribution in [0.2, 0.25) is 0 Å². The molecule has 3 aromatic rings. The van der Waals surface area contributed by atoms with Crippen molar-refractivity contribution in [1.29, 1.82) is 0 Å². The number of amides is 3. The number of benzene rings is 2. The van der Waals surface area contributed by atoms with Crippen LogP contribution in [0.25, 0.3) is 10.9 Å². The number of likely N-dealkylation sites (tertiary alicyclic amines) is 1. The highest BCUT2D eigenvalue weighted by molar-refractivity contribution is 5.94. The van der Waals surface area contributed by atoms with E-state index in [4.69, 9.17) is 4.74 Å². The van der Waals surface area contributed by atoms with Crippen molar-refractivity contribution in [3.63, 3.8) is 0 Å². The van der Waals surface area contributed by atoms with Gasteiger partial charge in [0.25, 0.3) is 5.91 Å². The third kappa shape index (κ3) is 5.22. The fraction of sp³-hybridized carbons (Fsp3) is 0.360. The van der Waals surface area contributed by atoms with E-state index in [1.54, 1.807) is 7.11 Å². The van der Waals surface area contributed by atoms with Crippen LogP contribution in [0.15, 0.2) is 48.7 Å². The summed E-state index contributed by atoms with van der Waals surface area (Å²) in [5.41, 5.74) is 3.84. The first-order chi connectivity index (χ1) is 15.6. The van der Waals surface area contributed by atoms with E-state index in [1.165, 1.54) is 6.42 Å². The Morgan fingerprint density at radius 2 is 1.81 bits per heavy atom. The largest absolute Gasteiger partial charge is 0.497 e. The summed E-state index contributed by atoms with van der Waals surface area (Å²) in [6.07, 6.45) is 6.05. The monoisotopic (exact) mass is 434 g/mol. The lowest BCUT2D eigenvalue weighted by molar-refractivity contribution is 0.0724. The van der Waals surface area contributed by atoms with Gasteiger partial charge in [-0.3, -0.25) is 4.79 Å². The average molecular weight is 435 g/mol. The molecule has 1 aromatic heterocycles. The number of hydrogen-bond donors (Lipinski definition) is 3.